The van der Waals surface area contributed by atoms with Crippen LogP contribution in [0.25, 0.3) is 6.08 Å². The molecule has 12 heavy (non-hydrogen) atoms. The molecular weight excluding hydrogens is 219 g/mol. The van der Waals surface area contributed by atoms with Crippen LogP contribution in [0.15, 0.2) is 12.1 Å². The largest absolute Gasteiger partial charge is 0.478 e. The average Bonchev–Trinajstić information content (AvgIpc) is 2.28. The molecule has 0 fully saturated rings. The van der Waals surface area contributed by atoms with Crippen molar-refractivity contribution in [2.24, 2.45) is 0 Å². The van der Waals surface area contributed by atoms with Gasteiger partial charge in [0.2, 0.25) is 0 Å². The number of carboxylic acid groups (broad SMARTS) is 1. The molecule has 0 aliphatic rings. The third kappa shape index (κ3) is 2.52. The van der Waals surface area contributed by atoms with Gasteiger partial charge in [-0.25, -0.2) is 4.79 Å². The molecule has 0 saturated carbocycles. The van der Waals surface area contributed by atoms with Gasteiger partial charge in [-0.1, -0.05) is 23.2 Å². The van der Waals surface area contributed by atoms with Crippen LogP contribution in [0.5, 0.6) is 0 Å². The van der Waals surface area contributed by atoms with Crippen LogP contribution in [-0.2, 0) is 4.79 Å². The first kappa shape index (κ1) is 9.58. The van der Waals surface area contributed by atoms with Crippen molar-refractivity contribution in [1.82, 2.24) is 0 Å². The normalized spacial score (nSPS) is 10.8. The van der Waals surface area contributed by atoms with Gasteiger partial charge in [-0.05, 0) is 12.1 Å². The molecule has 1 aromatic heterocycles. The van der Waals surface area contributed by atoms with Crippen molar-refractivity contribution in [3.63, 3.8) is 0 Å². The van der Waals surface area contributed by atoms with Gasteiger partial charge >= 0.3 is 5.97 Å². The number of aliphatic carboxylic acids is 1. The first-order valence-electron chi connectivity index (χ1n) is 2.95. The third-order valence-electron chi connectivity index (χ3n) is 1.05. The van der Waals surface area contributed by atoms with Crippen molar-refractivity contribution < 1.29 is 9.90 Å². The lowest BCUT2D eigenvalue weighted by Gasteiger charge is -1.79. The molecule has 2 nitrogen and oxygen atoms in total. The Balaban J connectivity index is 2.83. The van der Waals surface area contributed by atoms with Gasteiger partial charge < -0.3 is 5.11 Å². The molecule has 0 bridgehead atoms. The van der Waals surface area contributed by atoms with Gasteiger partial charge in [-0.3, -0.25) is 0 Å². The minimum Gasteiger partial charge on any atom is -0.478 e. The lowest BCUT2D eigenvalue weighted by atomic mass is 10.4. The zero-order valence-corrected chi connectivity index (χ0v) is 8.08. The topological polar surface area (TPSA) is 37.3 Å². The molecule has 0 atom stereocenters. The van der Waals surface area contributed by atoms with Gasteiger partial charge in [-0.2, -0.15) is 0 Å². The summed E-state index contributed by atoms with van der Waals surface area (Å²) < 4.78 is 0.474. The SMILES string of the molecule is O=C(O)/C=C/c1cc(Cl)c(Cl)s1. The maximum Gasteiger partial charge on any atom is 0.328 e. The minimum absolute atomic E-state index is 0.451. The molecule has 0 aromatic carbocycles. The van der Waals surface area contributed by atoms with Gasteiger partial charge in [0.05, 0.1) is 5.02 Å². The summed E-state index contributed by atoms with van der Waals surface area (Å²) in [6.45, 7) is 0. The zero-order chi connectivity index (χ0) is 9.14. The molecule has 0 radical (unpaired) electrons. The third-order valence-corrected chi connectivity index (χ3v) is 2.89. The van der Waals surface area contributed by atoms with E-state index in [9.17, 15) is 4.79 Å². The molecule has 0 aliphatic heterocycles. The number of rotatable bonds is 2. The van der Waals surface area contributed by atoms with Crippen molar-refractivity contribution >= 4 is 46.6 Å². The fraction of sp³-hybridized carbons (Fsp3) is 0. The van der Waals surface area contributed by atoms with E-state index < -0.39 is 5.97 Å². The van der Waals surface area contributed by atoms with E-state index in [0.717, 1.165) is 11.0 Å². The highest BCUT2D eigenvalue weighted by Gasteiger charge is 2.01. The maximum absolute atomic E-state index is 10.1. The molecule has 0 aliphatic carbocycles. The highest BCUT2D eigenvalue weighted by Crippen LogP contribution is 2.32. The summed E-state index contributed by atoms with van der Waals surface area (Å²) in [6.07, 6.45) is 2.49. The number of halogens is 2. The summed E-state index contributed by atoms with van der Waals surface area (Å²) in [6, 6.07) is 1.62. The van der Waals surface area contributed by atoms with Gasteiger partial charge in [0, 0.05) is 11.0 Å². The van der Waals surface area contributed by atoms with Crippen molar-refractivity contribution in [3.8, 4) is 0 Å². The Labute approximate surface area is 83.0 Å². The smallest absolute Gasteiger partial charge is 0.328 e. The second-order valence-corrected chi connectivity index (χ2v) is 4.04. The molecule has 1 rings (SSSR count). The van der Waals surface area contributed by atoms with E-state index in [1.807, 2.05) is 0 Å². The summed E-state index contributed by atoms with van der Waals surface area (Å²) in [5.41, 5.74) is 0. The second kappa shape index (κ2) is 3.94. The fourth-order valence-corrected chi connectivity index (χ4v) is 1.89. The van der Waals surface area contributed by atoms with Crippen LogP contribution >= 0.6 is 34.5 Å². The molecule has 0 unspecified atom stereocenters. The van der Waals surface area contributed by atoms with Crippen LogP contribution < -0.4 is 0 Å². The Bertz CT molecular complexity index is 311. The molecule has 64 valence electrons. The summed E-state index contributed by atoms with van der Waals surface area (Å²) >= 11 is 12.5. The number of hydrogen-bond donors (Lipinski definition) is 1. The first-order valence-corrected chi connectivity index (χ1v) is 4.52. The number of carbonyl (C=O) groups is 1. The minimum atomic E-state index is -0.990. The quantitative estimate of drug-likeness (QED) is 0.782. The predicted octanol–water partition coefficient (Wildman–Crippen LogP) is 3.15. The Morgan fingerprint density at radius 1 is 1.58 bits per heavy atom. The lowest BCUT2D eigenvalue weighted by molar-refractivity contribution is -0.131. The summed E-state index contributed by atoms with van der Waals surface area (Å²) in [5, 5.41) is 8.75. The highest BCUT2D eigenvalue weighted by molar-refractivity contribution is 7.17. The highest BCUT2D eigenvalue weighted by atomic mass is 35.5. The molecule has 0 saturated heterocycles. The molecule has 0 amide bonds. The van der Waals surface area contributed by atoms with Crippen molar-refractivity contribution in [1.29, 1.82) is 0 Å². The molecule has 0 spiro atoms. The second-order valence-electron chi connectivity index (χ2n) is 1.94. The first-order chi connectivity index (χ1) is 5.59. The zero-order valence-electron chi connectivity index (χ0n) is 5.75. The fourth-order valence-electron chi connectivity index (χ4n) is 0.599. The van der Waals surface area contributed by atoms with Crippen LogP contribution in [0.3, 0.4) is 0 Å². The summed E-state index contributed by atoms with van der Waals surface area (Å²) in [4.78, 5) is 10.8. The van der Waals surface area contributed by atoms with E-state index in [4.69, 9.17) is 28.3 Å². The monoisotopic (exact) mass is 222 g/mol. The summed E-state index contributed by atoms with van der Waals surface area (Å²) in [5.74, 6) is -0.990. The Morgan fingerprint density at radius 3 is 2.67 bits per heavy atom. The predicted molar refractivity (Wildman–Crippen MR) is 51.0 cm³/mol. The Morgan fingerprint density at radius 2 is 2.25 bits per heavy atom. The van der Waals surface area contributed by atoms with Crippen LogP contribution in [0.2, 0.25) is 9.36 Å². The molecular formula is C7H4Cl2O2S. The van der Waals surface area contributed by atoms with Gasteiger partial charge in [0.1, 0.15) is 4.34 Å². The van der Waals surface area contributed by atoms with Crippen LogP contribution in [-0.4, -0.2) is 11.1 Å². The van der Waals surface area contributed by atoms with Gasteiger partial charge in [0.15, 0.2) is 0 Å². The average molecular weight is 223 g/mol. The molecule has 1 N–H and O–H groups in total. The van der Waals surface area contributed by atoms with E-state index in [-0.39, 0.29) is 0 Å². The van der Waals surface area contributed by atoms with Crippen LogP contribution in [0.1, 0.15) is 4.88 Å². The van der Waals surface area contributed by atoms with Crippen molar-refractivity contribution in [2.45, 2.75) is 0 Å². The molecule has 1 aromatic rings. The lowest BCUT2D eigenvalue weighted by Crippen LogP contribution is -1.84. The van der Waals surface area contributed by atoms with Crippen molar-refractivity contribution in [2.75, 3.05) is 0 Å². The molecule has 5 heteroatoms. The van der Waals surface area contributed by atoms with E-state index in [2.05, 4.69) is 0 Å². The van der Waals surface area contributed by atoms with E-state index in [0.29, 0.717) is 9.36 Å². The van der Waals surface area contributed by atoms with Gasteiger partial charge in [0.25, 0.3) is 0 Å². The number of thiophene rings is 1. The molecule has 1 heterocycles. The van der Waals surface area contributed by atoms with E-state index >= 15 is 0 Å². The van der Waals surface area contributed by atoms with Crippen molar-refractivity contribution in [3.05, 3.63) is 26.4 Å². The number of hydrogen-bond acceptors (Lipinski definition) is 2. The summed E-state index contributed by atoms with van der Waals surface area (Å²) in [7, 11) is 0. The maximum atomic E-state index is 10.1. The Kier molecular flexibility index (Phi) is 3.14. The van der Waals surface area contributed by atoms with Crippen LogP contribution in [0, 0.1) is 0 Å². The Hall–Kier alpha value is -0.510. The van der Waals surface area contributed by atoms with Crippen LogP contribution in [0.4, 0.5) is 0 Å². The standard InChI is InChI=1S/C7H4Cl2O2S/c8-5-3-4(12-7(5)9)1-2-6(10)11/h1-3H,(H,10,11)/b2-1+. The van der Waals surface area contributed by atoms with E-state index in [1.54, 1.807) is 6.07 Å². The van der Waals surface area contributed by atoms with E-state index in [1.165, 1.54) is 17.4 Å². The van der Waals surface area contributed by atoms with Gasteiger partial charge in [-0.15, -0.1) is 11.3 Å². The number of carboxylic acids is 1.